The number of carbonyl (C=O) groups is 2. The minimum atomic E-state index is -0.325. The molecule has 2 rings (SSSR count). The summed E-state index contributed by atoms with van der Waals surface area (Å²) in [5.74, 6) is -0.226. The number of aliphatic hydroxyl groups excluding tert-OH is 1. The van der Waals surface area contributed by atoms with Crippen molar-refractivity contribution in [2.75, 3.05) is 11.9 Å². The van der Waals surface area contributed by atoms with Gasteiger partial charge in [-0.3, -0.25) is 9.59 Å². The molecule has 6 heteroatoms. The molecule has 0 bridgehead atoms. The van der Waals surface area contributed by atoms with Gasteiger partial charge in [0.25, 0.3) is 5.91 Å². The quantitative estimate of drug-likeness (QED) is 0.728. The second kappa shape index (κ2) is 8.14. The van der Waals surface area contributed by atoms with Crippen molar-refractivity contribution in [3.8, 4) is 0 Å². The fourth-order valence-electron chi connectivity index (χ4n) is 2.05. The van der Waals surface area contributed by atoms with Crippen LogP contribution in [0, 0.1) is 0 Å². The normalized spacial score (nSPS) is 11.7. The van der Waals surface area contributed by atoms with Crippen molar-refractivity contribution >= 4 is 17.5 Å². The highest BCUT2D eigenvalue weighted by atomic mass is 16.3. The van der Waals surface area contributed by atoms with Gasteiger partial charge >= 0.3 is 0 Å². The third kappa shape index (κ3) is 4.96. The molecular weight excluding hydrogens is 296 g/mol. The molecule has 2 aromatic rings. The van der Waals surface area contributed by atoms with Crippen LogP contribution in [0.2, 0.25) is 0 Å². The Morgan fingerprint density at radius 2 is 1.96 bits per heavy atom. The lowest BCUT2D eigenvalue weighted by Gasteiger charge is -2.14. The fraction of sp³-hybridized carbons (Fsp3) is 0.294. The van der Waals surface area contributed by atoms with Crippen molar-refractivity contribution in [2.45, 2.75) is 25.8 Å². The fourth-order valence-corrected chi connectivity index (χ4v) is 2.05. The van der Waals surface area contributed by atoms with Crippen LogP contribution in [-0.2, 0) is 11.2 Å². The smallest absolute Gasteiger partial charge is 0.291 e. The van der Waals surface area contributed by atoms with Crippen molar-refractivity contribution in [1.82, 2.24) is 5.32 Å². The molecule has 0 aliphatic carbocycles. The molecule has 0 saturated carbocycles. The number of amides is 2. The lowest BCUT2D eigenvalue weighted by molar-refractivity contribution is -0.121. The van der Waals surface area contributed by atoms with Crippen molar-refractivity contribution in [3.05, 3.63) is 54.0 Å². The predicted octanol–water partition coefficient (Wildman–Crippen LogP) is 1.96. The highest BCUT2D eigenvalue weighted by molar-refractivity contribution is 6.02. The first-order valence-electron chi connectivity index (χ1n) is 7.46. The molecule has 0 aliphatic heterocycles. The zero-order valence-electron chi connectivity index (χ0n) is 12.9. The number of hydrogen-bond donors (Lipinski definition) is 3. The van der Waals surface area contributed by atoms with E-state index in [1.807, 2.05) is 6.92 Å². The maximum atomic E-state index is 11.9. The van der Waals surface area contributed by atoms with E-state index in [1.165, 1.54) is 6.26 Å². The number of nitrogens with one attached hydrogen (secondary N) is 2. The van der Waals surface area contributed by atoms with Gasteiger partial charge in [-0.2, -0.15) is 0 Å². The Morgan fingerprint density at radius 1 is 1.22 bits per heavy atom. The number of rotatable bonds is 7. The molecule has 1 aromatic heterocycles. The SMILES string of the molecule is CCC(CO)NC(=O)Cc1ccc(NC(=O)c2ccco2)cc1. The monoisotopic (exact) mass is 316 g/mol. The van der Waals surface area contributed by atoms with Gasteiger partial charge < -0.3 is 20.2 Å². The summed E-state index contributed by atoms with van der Waals surface area (Å²) in [5.41, 5.74) is 1.45. The van der Waals surface area contributed by atoms with Crippen molar-refractivity contribution in [1.29, 1.82) is 0 Å². The van der Waals surface area contributed by atoms with Crippen LogP contribution < -0.4 is 10.6 Å². The first kappa shape index (κ1) is 16.8. The standard InChI is InChI=1S/C17H20N2O4/c1-2-13(11-20)18-16(21)10-12-5-7-14(8-6-12)19-17(22)15-4-3-9-23-15/h3-9,13,20H,2,10-11H2,1H3,(H,18,21)(H,19,22). The Hall–Kier alpha value is -2.60. The van der Waals surface area contributed by atoms with Crippen LogP contribution in [0.15, 0.2) is 47.1 Å². The van der Waals surface area contributed by atoms with Crippen molar-refractivity contribution < 1.29 is 19.1 Å². The third-order valence-electron chi connectivity index (χ3n) is 3.40. The van der Waals surface area contributed by atoms with Gasteiger partial charge in [0, 0.05) is 5.69 Å². The number of carbonyl (C=O) groups excluding carboxylic acids is 2. The van der Waals surface area contributed by atoms with Gasteiger partial charge in [-0.25, -0.2) is 0 Å². The maximum Gasteiger partial charge on any atom is 0.291 e. The Bertz CT molecular complexity index is 631. The number of furan rings is 1. The van der Waals surface area contributed by atoms with E-state index in [0.717, 1.165) is 5.56 Å². The highest BCUT2D eigenvalue weighted by Gasteiger charge is 2.11. The molecule has 1 unspecified atom stereocenters. The Balaban J connectivity index is 1.89. The van der Waals surface area contributed by atoms with Crippen LogP contribution in [0.3, 0.4) is 0 Å². The number of anilines is 1. The predicted molar refractivity (Wildman–Crippen MR) is 86.1 cm³/mol. The second-order valence-electron chi connectivity index (χ2n) is 5.16. The highest BCUT2D eigenvalue weighted by Crippen LogP contribution is 2.12. The van der Waals surface area contributed by atoms with Crippen LogP contribution in [-0.4, -0.2) is 29.6 Å². The van der Waals surface area contributed by atoms with Gasteiger partial charge in [0.15, 0.2) is 5.76 Å². The van der Waals surface area contributed by atoms with Crippen molar-refractivity contribution in [3.63, 3.8) is 0 Å². The van der Waals surface area contributed by atoms with E-state index in [2.05, 4.69) is 10.6 Å². The molecular formula is C17H20N2O4. The molecule has 1 atom stereocenters. The third-order valence-corrected chi connectivity index (χ3v) is 3.40. The summed E-state index contributed by atoms with van der Waals surface area (Å²) in [7, 11) is 0. The lowest BCUT2D eigenvalue weighted by Crippen LogP contribution is -2.37. The summed E-state index contributed by atoms with van der Waals surface area (Å²) >= 11 is 0. The summed E-state index contributed by atoms with van der Waals surface area (Å²) < 4.78 is 5.02. The average Bonchev–Trinajstić information content (AvgIpc) is 3.09. The van der Waals surface area contributed by atoms with E-state index in [0.29, 0.717) is 12.1 Å². The van der Waals surface area contributed by atoms with Crippen LogP contribution in [0.5, 0.6) is 0 Å². The molecule has 2 amide bonds. The lowest BCUT2D eigenvalue weighted by atomic mass is 10.1. The molecule has 0 spiro atoms. The van der Waals surface area contributed by atoms with Crippen LogP contribution in [0.4, 0.5) is 5.69 Å². The van der Waals surface area contributed by atoms with Crippen LogP contribution >= 0.6 is 0 Å². The van der Waals surface area contributed by atoms with Gasteiger partial charge in [-0.05, 0) is 36.2 Å². The molecule has 0 saturated heterocycles. The molecule has 3 N–H and O–H groups in total. The topological polar surface area (TPSA) is 91.6 Å². The molecule has 0 fully saturated rings. The van der Waals surface area contributed by atoms with E-state index in [-0.39, 0.29) is 36.6 Å². The molecule has 122 valence electrons. The van der Waals surface area contributed by atoms with E-state index >= 15 is 0 Å². The Labute approximate surface area is 134 Å². The van der Waals surface area contributed by atoms with E-state index in [9.17, 15) is 9.59 Å². The minimum Gasteiger partial charge on any atom is -0.459 e. The zero-order chi connectivity index (χ0) is 16.7. The molecule has 6 nitrogen and oxygen atoms in total. The van der Waals surface area contributed by atoms with E-state index in [1.54, 1.807) is 36.4 Å². The maximum absolute atomic E-state index is 11.9. The van der Waals surface area contributed by atoms with Crippen LogP contribution in [0.1, 0.15) is 29.5 Å². The zero-order valence-corrected chi connectivity index (χ0v) is 12.9. The number of benzene rings is 1. The van der Waals surface area contributed by atoms with Gasteiger partial charge in [0.05, 0.1) is 25.3 Å². The summed E-state index contributed by atoms with van der Waals surface area (Å²) in [6.45, 7) is 1.83. The van der Waals surface area contributed by atoms with Gasteiger partial charge in [-0.1, -0.05) is 19.1 Å². The Kier molecular flexibility index (Phi) is 5.94. The van der Waals surface area contributed by atoms with Gasteiger partial charge in [0.1, 0.15) is 0 Å². The van der Waals surface area contributed by atoms with E-state index in [4.69, 9.17) is 9.52 Å². The van der Waals surface area contributed by atoms with Gasteiger partial charge in [0.2, 0.25) is 5.91 Å². The first-order chi connectivity index (χ1) is 11.1. The summed E-state index contributed by atoms with van der Waals surface area (Å²) in [6.07, 6.45) is 2.34. The first-order valence-corrected chi connectivity index (χ1v) is 7.46. The average molecular weight is 316 g/mol. The number of hydrogen-bond acceptors (Lipinski definition) is 4. The molecule has 1 heterocycles. The second-order valence-corrected chi connectivity index (χ2v) is 5.16. The Morgan fingerprint density at radius 3 is 2.52 bits per heavy atom. The summed E-state index contributed by atoms with van der Waals surface area (Å²) in [6, 6.07) is 10.0. The number of aliphatic hydroxyl groups is 1. The summed E-state index contributed by atoms with van der Waals surface area (Å²) in [5, 5.41) is 14.5. The van der Waals surface area contributed by atoms with Crippen molar-refractivity contribution in [2.24, 2.45) is 0 Å². The molecule has 23 heavy (non-hydrogen) atoms. The van der Waals surface area contributed by atoms with Crippen LogP contribution in [0.25, 0.3) is 0 Å². The summed E-state index contributed by atoms with van der Waals surface area (Å²) in [4.78, 5) is 23.7. The minimum absolute atomic E-state index is 0.0695. The molecule has 1 aromatic carbocycles. The van der Waals surface area contributed by atoms with Gasteiger partial charge in [-0.15, -0.1) is 0 Å². The largest absolute Gasteiger partial charge is 0.459 e. The molecule has 0 aliphatic rings. The van der Waals surface area contributed by atoms with E-state index < -0.39 is 0 Å². The molecule has 0 radical (unpaired) electrons.